The molecule has 0 heterocycles. The van der Waals surface area contributed by atoms with Gasteiger partial charge in [-0.05, 0) is 29.0 Å². The van der Waals surface area contributed by atoms with Gasteiger partial charge >= 0.3 is 41.5 Å². The first-order valence-corrected chi connectivity index (χ1v) is 7.39. The Labute approximate surface area is 154 Å². The number of hydrogen-bond acceptors (Lipinski definition) is 7. The number of rotatable bonds is 3. The number of fused-ring (bicyclic) bond motifs is 1. The molecule has 0 N–H and O–H groups in total. The molecule has 0 aromatic heterocycles. The van der Waals surface area contributed by atoms with Crippen LogP contribution in [0.4, 0.5) is 0 Å². The van der Waals surface area contributed by atoms with Gasteiger partial charge in [-0.15, -0.1) is 0 Å². The van der Waals surface area contributed by atoms with E-state index in [0.29, 0.717) is 0 Å². The van der Waals surface area contributed by atoms with Gasteiger partial charge in [0.25, 0.3) is 0 Å². The van der Waals surface area contributed by atoms with E-state index >= 15 is 0 Å². The minimum absolute atomic E-state index is 0. The minimum atomic E-state index is -4.82. The Morgan fingerprint density at radius 1 is 0.957 bits per heavy atom. The third-order valence-electron chi connectivity index (χ3n) is 3.07. The van der Waals surface area contributed by atoms with E-state index in [0.717, 1.165) is 26.4 Å². The molecular formula is C14H11NaO7S. The van der Waals surface area contributed by atoms with Gasteiger partial charge in [0.2, 0.25) is 0 Å². The van der Waals surface area contributed by atoms with Gasteiger partial charge in [0.05, 0.1) is 30.2 Å². The van der Waals surface area contributed by atoms with Crippen LogP contribution in [0.1, 0.15) is 20.7 Å². The van der Waals surface area contributed by atoms with Crippen LogP contribution in [-0.2, 0) is 19.6 Å². The number of ether oxygens (including phenoxy) is 2. The topological polar surface area (TPSA) is 110 Å². The van der Waals surface area contributed by atoms with Crippen molar-refractivity contribution in [3.8, 4) is 0 Å². The average molecular weight is 346 g/mol. The molecule has 0 aliphatic carbocycles. The van der Waals surface area contributed by atoms with E-state index in [9.17, 15) is 22.6 Å². The maximum Gasteiger partial charge on any atom is 1.00 e. The summed E-state index contributed by atoms with van der Waals surface area (Å²) >= 11 is 0. The number of esters is 2. The van der Waals surface area contributed by atoms with Crippen LogP contribution in [0.5, 0.6) is 0 Å². The van der Waals surface area contributed by atoms with E-state index in [1.807, 2.05) is 0 Å². The molecule has 23 heavy (non-hydrogen) atoms. The molecule has 0 spiro atoms. The standard InChI is InChI=1S/C14H12O7S.Na/c1-20-13(15)10-5-3-4-9-11(10)6-8(22(17,18)19)7-12(9)14(16)21-2;/h3-7H,1-2H3,(H,17,18,19);/q;+1/p-1. The molecule has 0 aliphatic rings. The Bertz CT molecular complexity index is 874. The minimum Gasteiger partial charge on any atom is -0.744 e. The first-order valence-electron chi connectivity index (χ1n) is 5.99. The fraction of sp³-hybridized carbons (Fsp3) is 0.143. The SMILES string of the molecule is COC(=O)c1cc(S(=O)(=O)[O-])cc2c(C(=O)OC)cccc12.[Na+]. The summed E-state index contributed by atoms with van der Waals surface area (Å²) in [7, 11) is -2.53. The molecule has 0 saturated carbocycles. The van der Waals surface area contributed by atoms with E-state index in [1.54, 1.807) is 0 Å². The van der Waals surface area contributed by atoms with Crippen molar-refractivity contribution >= 4 is 32.8 Å². The van der Waals surface area contributed by atoms with Crippen molar-refractivity contribution in [2.45, 2.75) is 4.90 Å². The molecule has 2 aromatic rings. The summed E-state index contributed by atoms with van der Waals surface area (Å²) < 4.78 is 43.0. The van der Waals surface area contributed by atoms with Gasteiger partial charge in [0.1, 0.15) is 10.1 Å². The van der Waals surface area contributed by atoms with Gasteiger partial charge in [-0.25, -0.2) is 18.0 Å². The molecule has 0 bridgehead atoms. The Hall–Kier alpha value is -1.45. The summed E-state index contributed by atoms with van der Waals surface area (Å²) in [6.07, 6.45) is 0. The second-order valence-corrected chi connectivity index (χ2v) is 5.69. The zero-order valence-electron chi connectivity index (χ0n) is 12.7. The summed E-state index contributed by atoms with van der Waals surface area (Å²) in [4.78, 5) is 23.0. The summed E-state index contributed by atoms with van der Waals surface area (Å²) in [6.45, 7) is 0. The van der Waals surface area contributed by atoms with Crippen LogP contribution in [0.3, 0.4) is 0 Å². The van der Waals surface area contributed by atoms with Gasteiger partial charge in [-0.2, -0.15) is 0 Å². The Balaban J connectivity index is 0.00000264. The number of hydrogen-bond donors (Lipinski definition) is 0. The summed E-state index contributed by atoms with van der Waals surface area (Å²) in [5.74, 6) is -1.54. The molecular weight excluding hydrogens is 335 g/mol. The number of methoxy groups -OCH3 is 2. The normalized spacial score (nSPS) is 10.7. The predicted octanol–water partition coefficient (Wildman–Crippen LogP) is -1.68. The van der Waals surface area contributed by atoms with Crippen molar-refractivity contribution in [1.82, 2.24) is 0 Å². The number of carbonyl (C=O) groups excluding carboxylic acids is 2. The van der Waals surface area contributed by atoms with Crippen molar-refractivity contribution in [3.05, 3.63) is 41.5 Å². The van der Waals surface area contributed by atoms with Crippen molar-refractivity contribution < 1.29 is 61.6 Å². The van der Waals surface area contributed by atoms with Crippen LogP contribution < -0.4 is 29.6 Å². The summed E-state index contributed by atoms with van der Waals surface area (Å²) in [5, 5.41) is 0.397. The smallest absolute Gasteiger partial charge is 0.744 e. The molecule has 0 atom stereocenters. The third-order valence-corrected chi connectivity index (χ3v) is 3.88. The summed E-state index contributed by atoms with van der Waals surface area (Å²) in [5.41, 5.74) is -0.0872. The maximum atomic E-state index is 11.8. The molecule has 2 aromatic carbocycles. The molecule has 0 aliphatic heterocycles. The van der Waals surface area contributed by atoms with Gasteiger partial charge in [0, 0.05) is 0 Å². The molecule has 116 valence electrons. The van der Waals surface area contributed by atoms with Crippen molar-refractivity contribution in [1.29, 1.82) is 0 Å². The van der Waals surface area contributed by atoms with Crippen LogP contribution in [0.15, 0.2) is 35.2 Å². The van der Waals surface area contributed by atoms with E-state index in [-0.39, 0.29) is 51.5 Å². The maximum absolute atomic E-state index is 11.8. The quantitative estimate of drug-likeness (QED) is 0.371. The van der Waals surface area contributed by atoms with E-state index in [1.165, 1.54) is 18.2 Å². The van der Waals surface area contributed by atoms with Gasteiger partial charge in [-0.3, -0.25) is 0 Å². The Morgan fingerprint density at radius 2 is 1.52 bits per heavy atom. The number of carbonyl (C=O) groups is 2. The fourth-order valence-corrected chi connectivity index (χ4v) is 2.60. The van der Waals surface area contributed by atoms with Gasteiger partial charge in [-0.1, -0.05) is 12.1 Å². The van der Waals surface area contributed by atoms with E-state index in [2.05, 4.69) is 9.47 Å². The molecule has 2 rings (SSSR count). The van der Waals surface area contributed by atoms with Crippen molar-refractivity contribution in [2.75, 3.05) is 14.2 Å². The average Bonchev–Trinajstić information content (AvgIpc) is 2.50. The molecule has 0 radical (unpaired) electrons. The fourth-order valence-electron chi connectivity index (χ4n) is 2.07. The second kappa shape index (κ2) is 7.41. The van der Waals surface area contributed by atoms with Crippen LogP contribution in [0, 0.1) is 0 Å². The van der Waals surface area contributed by atoms with Gasteiger partial charge < -0.3 is 14.0 Å². The van der Waals surface area contributed by atoms with Crippen LogP contribution >= 0.6 is 0 Å². The monoisotopic (exact) mass is 346 g/mol. The zero-order chi connectivity index (χ0) is 16.5. The molecule has 9 heteroatoms. The van der Waals surface area contributed by atoms with Gasteiger partial charge in [0.15, 0.2) is 0 Å². The van der Waals surface area contributed by atoms with Crippen LogP contribution in [0.2, 0.25) is 0 Å². The number of benzene rings is 2. The second-order valence-electron chi connectivity index (χ2n) is 4.31. The molecule has 0 amide bonds. The predicted molar refractivity (Wildman–Crippen MR) is 74.6 cm³/mol. The van der Waals surface area contributed by atoms with Crippen molar-refractivity contribution in [3.63, 3.8) is 0 Å². The molecule has 0 fully saturated rings. The van der Waals surface area contributed by atoms with E-state index in [4.69, 9.17) is 0 Å². The van der Waals surface area contributed by atoms with Crippen molar-refractivity contribution in [2.24, 2.45) is 0 Å². The first-order chi connectivity index (χ1) is 10.3. The van der Waals surface area contributed by atoms with E-state index < -0.39 is 27.0 Å². The van der Waals surface area contributed by atoms with Crippen LogP contribution in [-0.4, -0.2) is 39.1 Å². The largest absolute Gasteiger partial charge is 1.00 e. The molecule has 7 nitrogen and oxygen atoms in total. The third kappa shape index (κ3) is 3.91. The zero-order valence-corrected chi connectivity index (χ0v) is 15.5. The Kier molecular flexibility index (Phi) is 6.32. The first kappa shape index (κ1) is 19.6. The molecule has 0 saturated heterocycles. The van der Waals surface area contributed by atoms with Crippen LogP contribution in [0.25, 0.3) is 10.8 Å². The summed E-state index contributed by atoms with van der Waals surface area (Å²) in [6, 6.07) is 6.38. The molecule has 0 unspecified atom stereocenters. The Morgan fingerprint density at radius 3 is 2.04 bits per heavy atom.